The third-order valence-electron chi connectivity index (χ3n) is 5.87. The van der Waals surface area contributed by atoms with Crippen LogP contribution in [0, 0.1) is 0 Å². The number of nitrogens with two attached hydrogens (primary N) is 1. The van der Waals surface area contributed by atoms with Gasteiger partial charge in [-0.15, -0.1) is 0 Å². The SMILES string of the molecule is C.CCN(CC)C(=O)c1ccc(C(=C2CCN(OC)CC2)c2ccc(C(N)=O)cc2)cc1. The number of piperidine rings is 1. The van der Waals surface area contributed by atoms with E-state index in [9.17, 15) is 9.59 Å². The topological polar surface area (TPSA) is 75.9 Å². The molecule has 2 aromatic rings. The molecular formula is C26H35N3O3. The van der Waals surface area contributed by atoms with E-state index in [1.807, 2.05) is 60.2 Å². The lowest BCUT2D eigenvalue weighted by Crippen LogP contribution is -2.30. The van der Waals surface area contributed by atoms with Crippen molar-refractivity contribution >= 4 is 17.4 Å². The summed E-state index contributed by atoms with van der Waals surface area (Å²) < 4.78 is 0. The van der Waals surface area contributed by atoms with E-state index in [0.717, 1.165) is 42.6 Å². The summed E-state index contributed by atoms with van der Waals surface area (Å²) in [6.07, 6.45) is 1.78. The summed E-state index contributed by atoms with van der Waals surface area (Å²) in [6, 6.07) is 15.3. The van der Waals surface area contributed by atoms with Crippen LogP contribution < -0.4 is 5.73 Å². The first-order valence-electron chi connectivity index (χ1n) is 10.8. The van der Waals surface area contributed by atoms with Crippen LogP contribution in [0.5, 0.6) is 0 Å². The third kappa shape index (κ3) is 5.64. The molecule has 1 fully saturated rings. The standard InChI is InChI=1S/C25H31N3O3.CH4/c1-4-27(5-2)25(30)22-12-8-19(9-13-22)23(20-14-16-28(31-3)17-15-20)18-6-10-21(11-7-18)24(26)29;/h6-13H,4-5,14-17H2,1-3H3,(H2,26,29);1H4. The average molecular weight is 438 g/mol. The van der Waals surface area contributed by atoms with Gasteiger partial charge in [0.15, 0.2) is 0 Å². The van der Waals surface area contributed by atoms with Crippen LogP contribution in [-0.4, -0.2) is 55.1 Å². The lowest BCUT2D eigenvalue weighted by molar-refractivity contribution is -0.135. The van der Waals surface area contributed by atoms with Gasteiger partial charge in [-0.3, -0.25) is 9.59 Å². The highest BCUT2D eigenvalue weighted by Crippen LogP contribution is 2.33. The monoisotopic (exact) mass is 437 g/mol. The van der Waals surface area contributed by atoms with E-state index in [0.29, 0.717) is 24.2 Å². The smallest absolute Gasteiger partial charge is 0.253 e. The molecule has 0 aliphatic carbocycles. The Kier molecular flexibility index (Phi) is 9.17. The van der Waals surface area contributed by atoms with Gasteiger partial charge in [-0.05, 0) is 67.7 Å². The quantitative estimate of drug-likeness (QED) is 0.698. The highest BCUT2D eigenvalue weighted by molar-refractivity contribution is 5.95. The second-order valence-electron chi connectivity index (χ2n) is 7.59. The molecule has 1 aliphatic heterocycles. The fourth-order valence-electron chi connectivity index (χ4n) is 4.04. The van der Waals surface area contributed by atoms with Crippen LogP contribution in [0.3, 0.4) is 0 Å². The molecule has 0 saturated carbocycles. The Labute approximate surface area is 191 Å². The number of benzene rings is 2. The van der Waals surface area contributed by atoms with E-state index < -0.39 is 5.91 Å². The first kappa shape index (κ1) is 25.3. The minimum absolute atomic E-state index is 0. The number of carbonyl (C=O) groups excluding carboxylic acids is 2. The summed E-state index contributed by atoms with van der Waals surface area (Å²) in [6.45, 7) is 7.00. The van der Waals surface area contributed by atoms with Gasteiger partial charge in [0.1, 0.15) is 0 Å². The van der Waals surface area contributed by atoms with Crippen LogP contribution in [0.15, 0.2) is 54.1 Å². The number of nitrogens with zero attached hydrogens (tertiary/aromatic N) is 2. The summed E-state index contributed by atoms with van der Waals surface area (Å²) in [5, 5.41) is 1.96. The number of primary amides is 1. The first-order chi connectivity index (χ1) is 15.0. The van der Waals surface area contributed by atoms with E-state index in [2.05, 4.69) is 0 Å². The average Bonchev–Trinajstić information content (AvgIpc) is 2.81. The first-order valence-corrected chi connectivity index (χ1v) is 10.8. The number of hydrogen-bond donors (Lipinski definition) is 1. The van der Waals surface area contributed by atoms with Crippen molar-refractivity contribution in [2.24, 2.45) is 5.73 Å². The Hall–Kier alpha value is -2.96. The van der Waals surface area contributed by atoms with Crippen molar-refractivity contribution < 1.29 is 14.4 Å². The predicted molar refractivity (Wildman–Crippen MR) is 129 cm³/mol. The zero-order valence-corrected chi connectivity index (χ0v) is 18.6. The molecule has 6 heteroatoms. The highest BCUT2D eigenvalue weighted by atomic mass is 16.7. The molecule has 172 valence electrons. The van der Waals surface area contributed by atoms with Crippen LogP contribution in [0.1, 0.15) is 66.0 Å². The highest BCUT2D eigenvalue weighted by Gasteiger charge is 2.20. The summed E-state index contributed by atoms with van der Waals surface area (Å²) in [4.78, 5) is 31.4. The Balaban J connectivity index is 0.00000363. The minimum atomic E-state index is -0.437. The molecule has 0 radical (unpaired) electrons. The number of rotatable bonds is 7. The van der Waals surface area contributed by atoms with Gasteiger partial charge >= 0.3 is 0 Å². The molecule has 32 heavy (non-hydrogen) atoms. The lowest BCUT2D eigenvalue weighted by Gasteiger charge is -2.28. The molecule has 0 spiro atoms. The van der Waals surface area contributed by atoms with Crippen molar-refractivity contribution in [1.82, 2.24) is 9.96 Å². The second-order valence-corrected chi connectivity index (χ2v) is 7.59. The van der Waals surface area contributed by atoms with Crippen molar-refractivity contribution in [2.75, 3.05) is 33.3 Å². The fourth-order valence-corrected chi connectivity index (χ4v) is 4.04. The number of hydroxylamine groups is 2. The predicted octanol–water partition coefficient (Wildman–Crippen LogP) is 4.36. The van der Waals surface area contributed by atoms with Crippen molar-refractivity contribution in [3.8, 4) is 0 Å². The summed E-state index contributed by atoms with van der Waals surface area (Å²) in [5.74, 6) is -0.390. The van der Waals surface area contributed by atoms with Crippen molar-refractivity contribution in [2.45, 2.75) is 34.1 Å². The Morgan fingerprint density at radius 3 is 1.72 bits per heavy atom. The van der Waals surface area contributed by atoms with Gasteiger partial charge in [0.05, 0.1) is 7.11 Å². The van der Waals surface area contributed by atoms with Crippen LogP contribution in [0.4, 0.5) is 0 Å². The van der Waals surface area contributed by atoms with Crippen LogP contribution >= 0.6 is 0 Å². The Morgan fingerprint density at radius 1 is 0.875 bits per heavy atom. The molecule has 2 N–H and O–H groups in total. The summed E-state index contributed by atoms with van der Waals surface area (Å²) >= 11 is 0. The zero-order valence-electron chi connectivity index (χ0n) is 18.6. The van der Waals surface area contributed by atoms with Crippen LogP contribution in [0.2, 0.25) is 0 Å². The van der Waals surface area contributed by atoms with Gasteiger partial charge in [-0.2, -0.15) is 5.06 Å². The van der Waals surface area contributed by atoms with Crippen molar-refractivity contribution in [3.05, 3.63) is 76.4 Å². The largest absolute Gasteiger partial charge is 0.366 e. The molecule has 1 heterocycles. The molecule has 2 aromatic carbocycles. The molecule has 0 unspecified atom stereocenters. The van der Waals surface area contributed by atoms with Crippen LogP contribution in [0.25, 0.3) is 5.57 Å². The van der Waals surface area contributed by atoms with Gasteiger partial charge < -0.3 is 15.5 Å². The van der Waals surface area contributed by atoms with E-state index in [1.165, 1.54) is 5.57 Å². The van der Waals surface area contributed by atoms with E-state index in [-0.39, 0.29) is 13.3 Å². The number of carbonyl (C=O) groups is 2. The van der Waals surface area contributed by atoms with E-state index >= 15 is 0 Å². The maximum Gasteiger partial charge on any atom is 0.253 e. The molecule has 1 aliphatic rings. The van der Waals surface area contributed by atoms with Gasteiger partial charge in [-0.1, -0.05) is 37.3 Å². The molecule has 1 saturated heterocycles. The molecule has 3 rings (SSSR count). The molecule has 6 nitrogen and oxygen atoms in total. The number of hydrogen-bond acceptors (Lipinski definition) is 4. The molecular weight excluding hydrogens is 402 g/mol. The Bertz CT molecular complexity index is 935. The minimum Gasteiger partial charge on any atom is -0.366 e. The lowest BCUT2D eigenvalue weighted by atomic mass is 9.88. The molecule has 2 amide bonds. The molecule has 0 aromatic heterocycles. The number of amides is 2. The van der Waals surface area contributed by atoms with Gasteiger partial charge in [-0.25, -0.2) is 0 Å². The second kappa shape index (κ2) is 11.6. The van der Waals surface area contributed by atoms with Crippen LogP contribution in [-0.2, 0) is 4.84 Å². The summed E-state index contributed by atoms with van der Waals surface area (Å²) in [7, 11) is 1.70. The molecule has 0 bridgehead atoms. The fraction of sp³-hybridized carbons (Fsp3) is 0.385. The molecule has 0 atom stereocenters. The van der Waals surface area contributed by atoms with Gasteiger partial charge in [0.25, 0.3) is 5.91 Å². The van der Waals surface area contributed by atoms with Crippen molar-refractivity contribution in [3.63, 3.8) is 0 Å². The normalized spacial score (nSPS) is 13.9. The zero-order chi connectivity index (χ0) is 22.4. The van der Waals surface area contributed by atoms with Gasteiger partial charge in [0, 0.05) is 37.3 Å². The summed E-state index contributed by atoms with van der Waals surface area (Å²) in [5.41, 5.74) is 11.2. The third-order valence-corrected chi connectivity index (χ3v) is 5.87. The Morgan fingerprint density at radius 2 is 1.31 bits per heavy atom. The maximum atomic E-state index is 12.7. The van der Waals surface area contributed by atoms with E-state index in [4.69, 9.17) is 10.6 Å². The van der Waals surface area contributed by atoms with Gasteiger partial charge in [0.2, 0.25) is 5.91 Å². The van der Waals surface area contributed by atoms with Crippen molar-refractivity contribution in [1.29, 1.82) is 0 Å². The maximum absolute atomic E-state index is 12.7. The van der Waals surface area contributed by atoms with E-state index in [1.54, 1.807) is 19.2 Å².